The lowest BCUT2D eigenvalue weighted by atomic mass is 9.86. The Morgan fingerprint density at radius 1 is 0.857 bits per heavy atom. The molecule has 21 heavy (non-hydrogen) atoms. The largest absolute Gasteiger partial charge is 0.320 e. The summed E-state index contributed by atoms with van der Waals surface area (Å²) in [5.74, 6) is -3.94. The van der Waals surface area contributed by atoms with Gasteiger partial charge >= 0.3 is 0 Å². The SMILES string of the molecule is CC(C)(C)c1ccc(C(N)c2cc(F)c(F)c(F)c2)cc1. The van der Waals surface area contributed by atoms with Crippen molar-refractivity contribution in [3.05, 3.63) is 70.5 Å². The Morgan fingerprint density at radius 2 is 1.33 bits per heavy atom. The van der Waals surface area contributed by atoms with Gasteiger partial charge in [0.25, 0.3) is 0 Å². The molecule has 0 aliphatic heterocycles. The van der Waals surface area contributed by atoms with E-state index in [9.17, 15) is 13.2 Å². The third-order valence-electron chi connectivity index (χ3n) is 3.50. The van der Waals surface area contributed by atoms with Crippen LogP contribution in [0.3, 0.4) is 0 Å². The van der Waals surface area contributed by atoms with Crippen molar-refractivity contribution in [3.63, 3.8) is 0 Å². The summed E-state index contributed by atoms with van der Waals surface area (Å²) in [6.45, 7) is 6.27. The second kappa shape index (κ2) is 5.53. The number of benzene rings is 2. The van der Waals surface area contributed by atoms with Crippen LogP contribution in [0.15, 0.2) is 36.4 Å². The van der Waals surface area contributed by atoms with Gasteiger partial charge in [0, 0.05) is 0 Å². The van der Waals surface area contributed by atoms with E-state index in [-0.39, 0.29) is 11.0 Å². The fourth-order valence-corrected chi connectivity index (χ4v) is 2.14. The molecule has 0 spiro atoms. The van der Waals surface area contributed by atoms with E-state index in [1.54, 1.807) is 0 Å². The highest BCUT2D eigenvalue weighted by Gasteiger charge is 2.17. The predicted molar refractivity (Wildman–Crippen MR) is 77.5 cm³/mol. The van der Waals surface area contributed by atoms with E-state index < -0.39 is 23.5 Å². The van der Waals surface area contributed by atoms with Gasteiger partial charge in [0.1, 0.15) is 0 Å². The summed E-state index contributed by atoms with van der Waals surface area (Å²) in [6, 6.07) is 8.68. The molecule has 0 amide bonds. The van der Waals surface area contributed by atoms with E-state index in [4.69, 9.17) is 5.73 Å². The van der Waals surface area contributed by atoms with Gasteiger partial charge < -0.3 is 5.73 Å². The first kappa shape index (κ1) is 15.6. The van der Waals surface area contributed by atoms with Crippen LogP contribution in [0.4, 0.5) is 13.2 Å². The molecule has 0 aliphatic carbocycles. The van der Waals surface area contributed by atoms with E-state index in [0.717, 1.165) is 17.7 Å². The molecule has 2 N–H and O–H groups in total. The first-order valence-corrected chi connectivity index (χ1v) is 6.70. The minimum absolute atomic E-state index is 0.0106. The molecule has 0 aliphatic rings. The summed E-state index contributed by atoms with van der Waals surface area (Å²) in [6.07, 6.45) is 0. The lowest BCUT2D eigenvalue weighted by Crippen LogP contribution is -2.15. The van der Waals surface area contributed by atoms with Crippen LogP contribution in [0.5, 0.6) is 0 Å². The van der Waals surface area contributed by atoms with Crippen molar-refractivity contribution >= 4 is 0 Å². The topological polar surface area (TPSA) is 26.0 Å². The third-order valence-corrected chi connectivity index (χ3v) is 3.50. The maximum absolute atomic E-state index is 13.3. The molecule has 0 bridgehead atoms. The lowest BCUT2D eigenvalue weighted by Gasteiger charge is -2.20. The molecular formula is C17H18F3N. The standard InChI is InChI=1S/C17H18F3N/c1-17(2,3)12-6-4-10(5-7-12)16(21)11-8-13(18)15(20)14(19)9-11/h4-9,16H,21H2,1-3H3. The van der Waals surface area contributed by atoms with Crippen molar-refractivity contribution in [1.82, 2.24) is 0 Å². The molecule has 0 saturated heterocycles. The minimum atomic E-state index is -1.48. The van der Waals surface area contributed by atoms with Gasteiger partial charge in [0.05, 0.1) is 6.04 Å². The summed E-state index contributed by atoms with van der Waals surface area (Å²) in [5, 5.41) is 0. The highest BCUT2D eigenvalue weighted by molar-refractivity contribution is 5.35. The summed E-state index contributed by atoms with van der Waals surface area (Å²) in [5.41, 5.74) is 8.07. The Morgan fingerprint density at radius 3 is 1.76 bits per heavy atom. The van der Waals surface area contributed by atoms with Crippen molar-refractivity contribution in [2.75, 3.05) is 0 Å². The minimum Gasteiger partial charge on any atom is -0.320 e. The first-order chi connectivity index (χ1) is 9.70. The predicted octanol–water partition coefficient (Wildman–Crippen LogP) is 4.45. The molecule has 0 fully saturated rings. The van der Waals surface area contributed by atoms with E-state index in [0.29, 0.717) is 5.56 Å². The number of halogens is 3. The van der Waals surface area contributed by atoms with E-state index >= 15 is 0 Å². The summed E-state index contributed by atoms with van der Waals surface area (Å²) >= 11 is 0. The van der Waals surface area contributed by atoms with Crippen molar-refractivity contribution < 1.29 is 13.2 Å². The van der Waals surface area contributed by atoms with Crippen LogP contribution in [0.2, 0.25) is 0 Å². The summed E-state index contributed by atoms with van der Waals surface area (Å²) < 4.78 is 39.5. The maximum Gasteiger partial charge on any atom is 0.194 e. The van der Waals surface area contributed by atoms with Gasteiger partial charge in [-0.3, -0.25) is 0 Å². The zero-order chi connectivity index (χ0) is 15.8. The van der Waals surface area contributed by atoms with Gasteiger partial charge in [-0.1, -0.05) is 45.0 Å². The number of hydrogen-bond acceptors (Lipinski definition) is 1. The zero-order valence-corrected chi connectivity index (χ0v) is 12.3. The zero-order valence-electron chi connectivity index (χ0n) is 12.3. The Kier molecular flexibility index (Phi) is 4.10. The van der Waals surface area contributed by atoms with Crippen molar-refractivity contribution in [2.45, 2.75) is 32.2 Å². The molecule has 2 rings (SSSR count). The highest BCUT2D eigenvalue weighted by atomic mass is 19.2. The Labute approximate surface area is 122 Å². The molecule has 4 heteroatoms. The van der Waals surface area contributed by atoms with Gasteiger partial charge in [0.15, 0.2) is 17.5 Å². The van der Waals surface area contributed by atoms with Gasteiger partial charge in [0.2, 0.25) is 0 Å². The maximum atomic E-state index is 13.3. The second-order valence-electron chi connectivity index (χ2n) is 6.15. The van der Waals surface area contributed by atoms with Crippen LogP contribution in [-0.2, 0) is 5.41 Å². The van der Waals surface area contributed by atoms with E-state index in [1.807, 2.05) is 24.3 Å². The molecule has 2 aromatic carbocycles. The molecular weight excluding hydrogens is 275 g/mol. The second-order valence-corrected chi connectivity index (χ2v) is 6.15. The molecule has 0 saturated carbocycles. The molecule has 112 valence electrons. The molecule has 2 aromatic rings. The van der Waals surface area contributed by atoms with E-state index in [1.165, 1.54) is 0 Å². The Hall–Kier alpha value is -1.81. The fraction of sp³-hybridized carbons (Fsp3) is 0.294. The van der Waals surface area contributed by atoms with Gasteiger partial charge in [-0.2, -0.15) is 0 Å². The third kappa shape index (κ3) is 3.27. The van der Waals surface area contributed by atoms with Crippen LogP contribution in [0.1, 0.15) is 43.5 Å². The normalized spacial score (nSPS) is 13.3. The van der Waals surface area contributed by atoms with Crippen LogP contribution < -0.4 is 5.73 Å². The highest BCUT2D eigenvalue weighted by Crippen LogP contribution is 2.27. The monoisotopic (exact) mass is 293 g/mol. The lowest BCUT2D eigenvalue weighted by molar-refractivity contribution is 0.444. The molecule has 0 aromatic heterocycles. The molecule has 1 atom stereocenters. The Bertz CT molecular complexity index is 619. The van der Waals surface area contributed by atoms with Crippen LogP contribution >= 0.6 is 0 Å². The smallest absolute Gasteiger partial charge is 0.194 e. The van der Waals surface area contributed by atoms with Crippen LogP contribution in [0.25, 0.3) is 0 Å². The fourth-order valence-electron chi connectivity index (χ4n) is 2.14. The van der Waals surface area contributed by atoms with Gasteiger partial charge in [-0.25, -0.2) is 13.2 Å². The molecule has 0 heterocycles. The van der Waals surface area contributed by atoms with Crippen molar-refractivity contribution in [3.8, 4) is 0 Å². The first-order valence-electron chi connectivity index (χ1n) is 6.70. The molecule has 0 radical (unpaired) electrons. The van der Waals surface area contributed by atoms with Crippen molar-refractivity contribution in [1.29, 1.82) is 0 Å². The average Bonchev–Trinajstić information content (AvgIpc) is 2.42. The number of nitrogens with two attached hydrogens (primary N) is 1. The van der Waals surface area contributed by atoms with Crippen LogP contribution in [0, 0.1) is 17.5 Å². The average molecular weight is 293 g/mol. The summed E-state index contributed by atoms with van der Waals surface area (Å²) in [7, 11) is 0. The summed E-state index contributed by atoms with van der Waals surface area (Å²) in [4.78, 5) is 0. The van der Waals surface area contributed by atoms with Crippen LogP contribution in [-0.4, -0.2) is 0 Å². The van der Waals surface area contributed by atoms with Crippen molar-refractivity contribution in [2.24, 2.45) is 5.73 Å². The molecule has 1 nitrogen and oxygen atoms in total. The van der Waals surface area contributed by atoms with Gasteiger partial charge in [-0.05, 0) is 34.2 Å². The number of hydrogen-bond donors (Lipinski definition) is 1. The number of rotatable bonds is 2. The van der Waals surface area contributed by atoms with Gasteiger partial charge in [-0.15, -0.1) is 0 Å². The molecule has 1 unspecified atom stereocenters. The van der Waals surface area contributed by atoms with E-state index in [2.05, 4.69) is 20.8 Å². The quantitative estimate of drug-likeness (QED) is 0.813. The Balaban J connectivity index is 2.34.